The summed E-state index contributed by atoms with van der Waals surface area (Å²) in [6.45, 7) is 9.11. The second kappa shape index (κ2) is 14.6. The summed E-state index contributed by atoms with van der Waals surface area (Å²) >= 11 is 5.25. The van der Waals surface area contributed by atoms with E-state index in [0.717, 1.165) is 28.6 Å². The van der Waals surface area contributed by atoms with Crippen LogP contribution in [-0.4, -0.2) is 46.7 Å². The highest BCUT2D eigenvalue weighted by Gasteiger charge is 2.35. The van der Waals surface area contributed by atoms with Crippen LogP contribution in [0.5, 0.6) is 17.2 Å². The zero-order valence-corrected chi connectivity index (χ0v) is 26.7. The standard InChI is InChI=1S/C30H38BrN5O4S/c1-6-9-10-13-16-40-27-21(31)17-20(18-24(27)38-5)26-25(19(4)32-29-34-30(41-8-3)35-36(26)29)28(37)33-22-14-11-12-15-23(22)39-7-2/h11-12,14-15,17-18,26H,6-10,13,16H2,1-5H3,(H,33,37)(H,32,34,35). The molecular formula is C30H38BrN5O4S. The van der Waals surface area contributed by atoms with Crippen molar-refractivity contribution in [2.24, 2.45) is 0 Å². The van der Waals surface area contributed by atoms with E-state index in [1.807, 2.05) is 50.2 Å². The number of nitrogens with zero attached hydrogens (tertiary/aromatic N) is 3. The minimum absolute atomic E-state index is 0.274. The van der Waals surface area contributed by atoms with E-state index in [1.54, 1.807) is 23.6 Å². The summed E-state index contributed by atoms with van der Waals surface area (Å²) < 4.78 is 20.2. The number of carbonyl (C=O) groups excluding carboxylic acids is 1. The van der Waals surface area contributed by atoms with Gasteiger partial charge in [-0.3, -0.25) is 4.79 Å². The second-order valence-corrected chi connectivity index (χ2v) is 11.6. The van der Waals surface area contributed by atoms with E-state index in [4.69, 9.17) is 19.3 Å². The van der Waals surface area contributed by atoms with E-state index in [1.165, 1.54) is 12.8 Å². The van der Waals surface area contributed by atoms with Gasteiger partial charge >= 0.3 is 0 Å². The number of allylic oxidation sites excluding steroid dienone is 1. The Morgan fingerprint density at radius 2 is 1.93 bits per heavy atom. The first-order chi connectivity index (χ1) is 19.9. The summed E-state index contributed by atoms with van der Waals surface area (Å²) in [6.07, 6.45) is 4.43. The molecule has 4 rings (SSSR count). The Kier molecular flexibility index (Phi) is 11.0. The van der Waals surface area contributed by atoms with Gasteiger partial charge in [0.15, 0.2) is 11.5 Å². The molecule has 41 heavy (non-hydrogen) atoms. The molecule has 0 spiro atoms. The third-order valence-electron chi connectivity index (χ3n) is 6.60. The number of unbranched alkanes of at least 4 members (excludes halogenated alkanes) is 3. The van der Waals surface area contributed by atoms with Gasteiger partial charge in [-0.2, -0.15) is 4.98 Å². The highest BCUT2D eigenvalue weighted by Crippen LogP contribution is 2.43. The number of hydrogen-bond donors (Lipinski definition) is 2. The minimum Gasteiger partial charge on any atom is -0.493 e. The number of carbonyl (C=O) groups is 1. The number of thioether (sulfide) groups is 1. The fraction of sp³-hybridized carbons (Fsp3) is 0.433. The van der Waals surface area contributed by atoms with Crippen LogP contribution in [-0.2, 0) is 4.79 Å². The number of fused-ring (bicyclic) bond motifs is 1. The molecule has 0 radical (unpaired) electrons. The molecule has 1 aliphatic rings. The summed E-state index contributed by atoms with van der Waals surface area (Å²) in [5.74, 6) is 2.94. The van der Waals surface area contributed by atoms with Gasteiger partial charge in [0.25, 0.3) is 5.91 Å². The van der Waals surface area contributed by atoms with Crippen LogP contribution in [0, 0.1) is 0 Å². The third-order valence-corrected chi connectivity index (χ3v) is 7.91. The molecule has 220 valence electrons. The van der Waals surface area contributed by atoms with Crippen LogP contribution < -0.4 is 24.8 Å². The molecule has 2 N–H and O–H groups in total. The van der Waals surface area contributed by atoms with Crippen LogP contribution in [0.3, 0.4) is 0 Å². The normalized spacial score (nSPS) is 14.3. The molecule has 0 fully saturated rings. The average molecular weight is 645 g/mol. The Balaban J connectivity index is 1.75. The molecule has 1 aromatic heterocycles. The van der Waals surface area contributed by atoms with E-state index in [2.05, 4.69) is 45.4 Å². The molecule has 1 unspecified atom stereocenters. The van der Waals surface area contributed by atoms with Crippen LogP contribution in [0.2, 0.25) is 0 Å². The van der Waals surface area contributed by atoms with Crippen molar-refractivity contribution in [1.82, 2.24) is 14.8 Å². The topological polar surface area (TPSA) is 99.5 Å². The molecule has 0 saturated carbocycles. The van der Waals surface area contributed by atoms with E-state index in [0.29, 0.717) is 58.5 Å². The van der Waals surface area contributed by atoms with E-state index < -0.39 is 6.04 Å². The van der Waals surface area contributed by atoms with Crippen molar-refractivity contribution in [1.29, 1.82) is 0 Å². The van der Waals surface area contributed by atoms with Crippen LogP contribution in [0.4, 0.5) is 11.6 Å². The Bertz CT molecular complexity index is 1390. The number of anilines is 2. The van der Waals surface area contributed by atoms with Crippen LogP contribution in [0.15, 0.2) is 57.3 Å². The number of hydrogen-bond acceptors (Lipinski definition) is 8. The lowest BCUT2D eigenvalue weighted by molar-refractivity contribution is -0.113. The van der Waals surface area contributed by atoms with Gasteiger partial charge in [-0.05, 0) is 71.8 Å². The van der Waals surface area contributed by atoms with Crippen molar-refractivity contribution in [3.63, 3.8) is 0 Å². The van der Waals surface area contributed by atoms with Crippen molar-refractivity contribution >= 4 is 45.2 Å². The number of amides is 1. The summed E-state index contributed by atoms with van der Waals surface area (Å²) in [5, 5.41) is 11.8. The number of methoxy groups -OCH3 is 1. The summed E-state index contributed by atoms with van der Waals surface area (Å²) in [7, 11) is 1.62. The second-order valence-electron chi connectivity index (χ2n) is 9.49. The molecule has 9 nitrogen and oxygen atoms in total. The molecule has 1 aliphatic heterocycles. The molecule has 11 heteroatoms. The highest BCUT2D eigenvalue weighted by atomic mass is 79.9. The lowest BCUT2D eigenvalue weighted by Crippen LogP contribution is -2.31. The molecule has 3 aromatic rings. The van der Waals surface area contributed by atoms with E-state index >= 15 is 0 Å². The van der Waals surface area contributed by atoms with Crippen molar-refractivity contribution in [2.75, 3.05) is 36.7 Å². The number of halogens is 1. The summed E-state index contributed by atoms with van der Waals surface area (Å²) in [5.41, 5.74) is 2.58. The molecule has 0 bridgehead atoms. The van der Waals surface area contributed by atoms with Gasteiger partial charge in [-0.15, -0.1) is 5.10 Å². The fourth-order valence-corrected chi connectivity index (χ4v) is 5.83. The van der Waals surface area contributed by atoms with Crippen molar-refractivity contribution in [3.05, 3.63) is 57.7 Å². The molecule has 1 amide bonds. The predicted molar refractivity (Wildman–Crippen MR) is 167 cm³/mol. The lowest BCUT2D eigenvalue weighted by Gasteiger charge is -2.29. The Morgan fingerprint density at radius 1 is 1.12 bits per heavy atom. The summed E-state index contributed by atoms with van der Waals surface area (Å²) in [4.78, 5) is 18.7. The van der Waals surface area contributed by atoms with Gasteiger partial charge in [0.05, 0.1) is 36.1 Å². The fourth-order valence-electron chi connectivity index (χ4n) is 4.71. The van der Waals surface area contributed by atoms with Gasteiger partial charge < -0.3 is 24.8 Å². The Hall–Kier alpha value is -3.18. The number of para-hydroxylation sites is 2. The third kappa shape index (κ3) is 7.19. The van der Waals surface area contributed by atoms with E-state index in [9.17, 15) is 4.79 Å². The number of nitrogens with one attached hydrogen (secondary N) is 2. The van der Waals surface area contributed by atoms with Gasteiger partial charge in [-0.25, -0.2) is 4.68 Å². The first-order valence-corrected chi connectivity index (χ1v) is 15.8. The van der Waals surface area contributed by atoms with Crippen LogP contribution >= 0.6 is 27.7 Å². The van der Waals surface area contributed by atoms with Crippen molar-refractivity contribution in [2.45, 2.75) is 64.6 Å². The molecule has 2 heterocycles. The molecular weight excluding hydrogens is 606 g/mol. The maximum absolute atomic E-state index is 14.0. The van der Waals surface area contributed by atoms with E-state index in [-0.39, 0.29) is 5.91 Å². The van der Waals surface area contributed by atoms with Gasteiger partial charge in [0, 0.05) is 5.70 Å². The van der Waals surface area contributed by atoms with Crippen LogP contribution in [0.25, 0.3) is 0 Å². The van der Waals surface area contributed by atoms with Gasteiger partial charge in [-0.1, -0.05) is 57.0 Å². The maximum Gasteiger partial charge on any atom is 0.255 e. The molecule has 2 aromatic carbocycles. The Morgan fingerprint density at radius 3 is 2.66 bits per heavy atom. The number of ether oxygens (including phenoxy) is 3. The SMILES string of the molecule is CCCCCCOc1c(Br)cc(C2C(C(=O)Nc3ccccc3OCC)=C(C)Nc3nc(SCC)nn32)cc1OC. The first kappa shape index (κ1) is 30.8. The molecule has 1 atom stereocenters. The minimum atomic E-state index is -0.576. The smallest absolute Gasteiger partial charge is 0.255 e. The molecule has 0 aliphatic carbocycles. The van der Waals surface area contributed by atoms with Gasteiger partial charge in [0.1, 0.15) is 11.8 Å². The predicted octanol–water partition coefficient (Wildman–Crippen LogP) is 7.45. The van der Waals surface area contributed by atoms with Crippen molar-refractivity contribution in [3.8, 4) is 17.2 Å². The summed E-state index contributed by atoms with van der Waals surface area (Å²) in [6, 6.07) is 10.7. The largest absolute Gasteiger partial charge is 0.493 e. The number of benzene rings is 2. The van der Waals surface area contributed by atoms with Gasteiger partial charge in [0.2, 0.25) is 11.1 Å². The lowest BCUT2D eigenvalue weighted by atomic mass is 9.94. The quantitative estimate of drug-likeness (QED) is 0.138. The monoisotopic (exact) mass is 643 g/mol. The Labute approximate surface area is 254 Å². The molecule has 0 saturated heterocycles. The van der Waals surface area contributed by atoms with Crippen molar-refractivity contribution < 1.29 is 19.0 Å². The average Bonchev–Trinajstić information content (AvgIpc) is 3.35. The zero-order chi connectivity index (χ0) is 29.4. The van der Waals surface area contributed by atoms with Crippen LogP contribution in [0.1, 0.15) is 65.0 Å². The first-order valence-electron chi connectivity index (χ1n) is 14.0. The maximum atomic E-state index is 14.0. The highest BCUT2D eigenvalue weighted by molar-refractivity contribution is 9.10. The number of rotatable bonds is 14. The zero-order valence-electron chi connectivity index (χ0n) is 24.3. The number of aromatic nitrogens is 3.